The molecule has 0 aliphatic heterocycles. The Morgan fingerprint density at radius 3 is 2.93 bits per heavy atom. The quantitative estimate of drug-likeness (QED) is 0.626. The molecule has 1 heterocycles. The second-order valence-electron chi connectivity index (χ2n) is 2.80. The summed E-state index contributed by atoms with van der Waals surface area (Å²) in [6.45, 7) is 0.171. The van der Waals surface area contributed by atoms with Crippen LogP contribution in [0.15, 0.2) is 12.1 Å². The number of carboxylic acids is 1. The highest BCUT2D eigenvalue weighted by Crippen LogP contribution is 2.18. The smallest absolute Gasteiger partial charge is 0.338 e. The van der Waals surface area contributed by atoms with Gasteiger partial charge in [-0.25, -0.2) is 4.79 Å². The standard InChI is InChI=1S/C8H8N4O2/c9-3-4-1-2-5-7(11-12-10-5)6(4)8(13)14/h1-2H,3,9H2,(H,13,14)(H,10,11,12). The number of carboxylic acid groups (broad SMARTS) is 1. The van der Waals surface area contributed by atoms with Crippen molar-refractivity contribution in [3.05, 3.63) is 23.3 Å². The van der Waals surface area contributed by atoms with Gasteiger partial charge in [0, 0.05) is 6.54 Å². The first-order chi connectivity index (χ1) is 6.74. The molecule has 0 amide bonds. The summed E-state index contributed by atoms with van der Waals surface area (Å²) >= 11 is 0. The van der Waals surface area contributed by atoms with Gasteiger partial charge in [-0.15, -0.1) is 0 Å². The van der Waals surface area contributed by atoms with Crippen LogP contribution in [-0.2, 0) is 6.54 Å². The molecule has 0 aliphatic rings. The molecule has 14 heavy (non-hydrogen) atoms. The minimum atomic E-state index is -1.04. The maximum atomic E-state index is 11.0. The molecule has 0 atom stereocenters. The van der Waals surface area contributed by atoms with E-state index >= 15 is 0 Å². The number of hydrogen-bond donors (Lipinski definition) is 3. The predicted molar refractivity (Wildman–Crippen MR) is 48.7 cm³/mol. The summed E-state index contributed by atoms with van der Waals surface area (Å²) in [5.74, 6) is -1.04. The summed E-state index contributed by atoms with van der Waals surface area (Å²) in [4.78, 5) is 11.0. The summed E-state index contributed by atoms with van der Waals surface area (Å²) in [6.07, 6.45) is 0. The molecule has 0 spiro atoms. The van der Waals surface area contributed by atoms with E-state index < -0.39 is 5.97 Å². The molecule has 0 saturated heterocycles. The molecular formula is C8H8N4O2. The van der Waals surface area contributed by atoms with Crippen molar-refractivity contribution < 1.29 is 9.90 Å². The molecule has 0 fully saturated rings. The molecule has 2 rings (SSSR count). The molecule has 0 bridgehead atoms. The first-order valence-electron chi connectivity index (χ1n) is 3.99. The first-order valence-corrected chi connectivity index (χ1v) is 3.99. The van der Waals surface area contributed by atoms with E-state index in [4.69, 9.17) is 10.8 Å². The number of nitrogens with two attached hydrogens (primary N) is 1. The average molecular weight is 192 g/mol. The van der Waals surface area contributed by atoms with Gasteiger partial charge in [0.2, 0.25) is 0 Å². The normalized spacial score (nSPS) is 10.6. The van der Waals surface area contributed by atoms with Gasteiger partial charge in [-0.1, -0.05) is 6.07 Å². The third kappa shape index (κ3) is 1.12. The molecule has 0 radical (unpaired) electrons. The lowest BCUT2D eigenvalue weighted by molar-refractivity contribution is 0.0697. The highest BCUT2D eigenvalue weighted by molar-refractivity contribution is 6.02. The Morgan fingerprint density at radius 2 is 2.29 bits per heavy atom. The lowest BCUT2D eigenvalue weighted by Gasteiger charge is -2.02. The number of fused-ring (bicyclic) bond motifs is 1. The van der Waals surface area contributed by atoms with Crippen molar-refractivity contribution in [3.8, 4) is 0 Å². The number of benzene rings is 1. The van der Waals surface area contributed by atoms with Gasteiger partial charge >= 0.3 is 5.97 Å². The van der Waals surface area contributed by atoms with Crippen molar-refractivity contribution in [1.29, 1.82) is 0 Å². The van der Waals surface area contributed by atoms with Crippen LogP contribution in [-0.4, -0.2) is 26.5 Å². The Hall–Kier alpha value is -1.95. The minimum Gasteiger partial charge on any atom is -0.478 e. The summed E-state index contributed by atoms with van der Waals surface area (Å²) in [5, 5.41) is 18.9. The molecule has 1 aromatic heterocycles. The highest BCUT2D eigenvalue weighted by atomic mass is 16.4. The number of aromatic amines is 1. The van der Waals surface area contributed by atoms with Gasteiger partial charge in [-0.05, 0) is 11.6 Å². The Bertz CT molecular complexity index is 491. The fourth-order valence-corrected chi connectivity index (χ4v) is 1.36. The number of aromatic nitrogens is 3. The summed E-state index contributed by atoms with van der Waals surface area (Å²) in [5.41, 5.74) is 6.98. The second kappa shape index (κ2) is 3.08. The van der Waals surface area contributed by atoms with E-state index in [1.165, 1.54) is 0 Å². The summed E-state index contributed by atoms with van der Waals surface area (Å²) in [6, 6.07) is 3.34. The molecular weight excluding hydrogens is 184 g/mol. The van der Waals surface area contributed by atoms with Crippen LogP contribution in [0, 0.1) is 0 Å². The number of aromatic carboxylic acids is 1. The molecule has 2 aromatic rings. The predicted octanol–water partition coefficient (Wildman–Crippen LogP) is 0.115. The zero-order valence-electron chi connectivity index (χ0n) is 7.19. The van der Waals surface area contributed by atoms with Crippen LogP contribution in [0.2, 0.25) is 0 Å². The largest absolute Gasteiger partial charge is 0.478 e. The van der Waals surface area contributed by atoms with Crippen molar-refractivity contribution in [2.75, 3.05) is 0 Å². The van der Waals surface area contributed by atoms with Gasteiger partial charge in [-0.3, -0.25) is 0 Å². The number of rotatable bonds is 2. The number of H-pyrrole nitrogens is 1. The van der Waals surface area contributed by atoms with Crippen LogP contribution < -0.4 is 5.73 Å². The zero-order valence-corrected chi connectivity index (χ0v) is 7.19. The van der Waals surface area contributed by atoms with Gasteiger partial charge < -0.3 is 10.8 Å². The van der Waals surface area contributed by atoms with Crippen LogP contribution in [0.1, 0.15) is 15.9 Å². The van der Waals surface area contributed by atoms with Gasteiger partial charge in [0.1, 0.15) is 11.0 Å². The van der Waals surface area contributed by atoms with Crippen LogP contribution in [0.4, 0.5) is 0 Å². The molecule has 0 aliphatic carbocycles. The maximum absolute atomic E-state index is 11.0. The SMILES string of the molecule is NCc1ccc2n[nH]nc2c1C(=O)O. The second-order valence-corrected chi connectivity index (χ2v) is 2.80. The van der Waals surface area contributed by atoms with Crippen molar-refractivity contribution in [2.45, 2.75) is 6.54 Å². The van der Waals surface area contributed by atoms with Gasteiger partial charge in [0.15, 0.2) is 0 Å². The average Bonchev–Trinajstić information content (AvgIpc) is 2.62. The van der Waals surface area contributed by atoms with Crippen molar-refractivity contribution in [3.63, 3.8) is 0 Å². The Morgan fingerprint density at radius 1 is 1.50 bits per heavy atom. The van der Waals surface area contributed by atoms with E-state index in [0.29, 0.717) is 16.6 Å². The fraction of sp³-hybridized carbons (Fsp3) is 0.125. The van der Waals surface area contributed by atoms with Crippen LogP contribution in [0.5, 0.6) is 0 Å². The van der Waals surface area contributed by atoms with Crippen LogP contribution in [0.25, 0.3) is 11.0 Å². The third-order valence-corrected chi connectivity index (χ3v) is 2.01. The Labute approximate surface area is 78.7 Å². The Kier molecular flexibility index (Phi) is 1.90. The number of nitrogens with zero attached hydrogens (tertiary/aromatic N) is 2. The van der Waals surface area contributed by atoms with E-state index in [9.17, 15) is 4.79 Å². The van der Waals surface area contributed by atoms with E-state index in [-0.39, 0.29) is 12.1 Å². The third-order valence-electron chi connectivity index (χ3n) is 2.01. The van der Waals surface area contributed by atoms with E-state index in [2.05, 4.69) is 15.4 Å². The number of carbonyl (C=O) groups is 1. The Balaban J connectivity index is 2.82. The minimum absolute atomic E-state index is 0.124. The van der Waals surface area contributed by atoms with Crippen LogP contribution >= 0.6 is 0 Å². The monoisotopic (exact) mass is 192 g/mol. The topological polar surface area (TPSA) is 105 Å². The van der Waals surface area contributed by atoms with Crippen molar-refractivity contribution in [2.24, 2.45) is 5.73 Å². The zero-order chi connectivity index (χ0) is 10.1. The maximum Gasteiger partial charge on any atom is 0.338 e. The summed E-state index contributed by atoms with van der Waals surface area (Å²) in [7, 11) is 0. The molecule has 0 saturated carbocycles. The summed E-state index contributed by atoms with van der Waals surface area (Å²) < 4.78 is 0. The lowest BCUT2D eigenvalue weighted by atomic mass is 10.1. The fourth-order valence-electron chi connectivity index (χ4n) is 1.36. The van der Waals surface area contributed by atoms with Gasteiger partial charge in [-0.2, -0.15) is 15.4 Å². The molecule has 4 N–H and O–H groups in total. The van der Waals surface area contributed by atoms with E-state index in [1.807, 2.05) is 0 Å². The van der Waals surface area contributed by atoms with Gasteiger partial charge in [0.25, 0.3) is 0 Å². The molecule has 6 heteroatoms. The number of hydrogen-bond acceptors (Lipinski definition) is 4. The van der Waals surface area contributed by atoms with Gasteiger partial charge in [0.05, 0.1) is 5.56 Å². The van der Waals surface area contributed by atoms with Crippen molar-refractivity contribution in [1.82, 2.24) is 15.4 Å². The van der Waals surface area contributed by atoms with E-state index in [1.54, 1.807) is 12.1 Å². The number of nitrogens with one attached hydrogen (secondary N) is 1. The van der Waals surface area contributed by atoms with E-state index in [0.717, 1.165) is 0 Å². The van der Waals surface area contributed by atoms with Crippen LogP contribution in [0.3, 0.4) is 0 Å². The lowest BCUT2D eigenvalue weighted by Crippen LogP contribution is -2.07. The van der Waals surface area contributed by atoms with Crippen molar-refractivity contribution >= 4 is 17.0 Å². The molecule has 72 valence electrons. The molecule has 1 aromatic carbocycles. The highest BCUT2D eigenvalue weighted by Gasteiger charge is 2.15. The molecule has 0 unspecified atom stereocenters. The first kappa shape index (κ1) is 8.64. The molecule has 6 nitrogen and oxygen atoms in total.